The highest BCUT2D eigenvalue weighted by Crippen LogP contribution is 2.75. The normalized spacial score (nSPS) is 64.5. The maximum absolute atomic E-state index is 10.2. The van der Waals surface area contributed by atoms with Gasteiger partial charge in [-0.15, -0.1) is 0 Å². The lowest BCUT2D eigenvalue weighted by atomic mass is 9.48. The van der Waals surface area contributed by atoms with Crippen LogP contribution in [0, 0.1) is 28.6 Å². The molecule has 0 radical (unpaired) electrons. The lowest BCUT2D eigenvalue weighted by molar-refractivity contribution is -0.358. The molecule has 4 nitrogen and oxygen atoms in total. The van der Waals surface area contributed by atoms with Gasteiger partial charge in [-0.05, 0) is 56.8 Å². The Bertz CT molecular complexity index is 675. The van der Waals surface area contributed by atoms with Gasteiger partial charge in [-0.1, -0.05) is 25.5 Å². The molecule has 2 unspecified atom stereocenters. The van der Waals surface area contributed by atoms with Crippen molar-refractivity contribution >= 4 is 0 Å². The van der Waals surface area contributed by atoms with Gasteiger partial charge < -0.3 is 19.3 Å². The van der Waals surface area contributed by atoms with E-state index in [1.165, 1.54) is 18.4 Å². The summed E-state index contributed by atoms with van der Waals surface area (Å²) in [5.41, 5.74) is 1.76. The Balaban J connectivity index is 1.47. The van der Waals surface area contributed by atoms with Crippen LogP contribution in [-0.2, 0) is 14.2 Å². The predicted octanol–water partition coefficient (Wildman–Crippen LogP) is 3.39. The summed E-state index contributed by atoms with van der Waals surface area (Å²) < 4.78 is 19.5. The van der Waals surface area contributed by atoms with Gasteiger partial charge in [0, 0.05) is 11.3 Å². The van der Waals surface area contributed by atoms with Crippen LogP contribution in [0.4, 0.5) is 0 Å². The minimum absolute atomic E-state index is 0.0694. The molecule has 0 spiro atoms. The molecule has 4 heteroatoms. The maximum atomic E-state index is 10.2. The molecule has 6 aliphatic rings. The molecule has 3 aliphatic carbocycles. The summed E-state index contributed by atoms with van der Waals surface area (Å²) in [6, 6.07) is 0. The number of rotatable bonds is 0. The molecule has 0 aromatic heterocycles. The van der Waals surface area contributed by atoms with Gasteiger partial charge in [0.15, 0.2) is 11.6 Å². The molecule has 9 atom stereocenters. The van der Waals surface area contributed by atoms with E-state index >= 15 is 0 Å². The van der Waals surface area contributed by atoms with Crippen molar-refractivity contribution in [3.8, 4) is 0 Å². The standard InChI is InChI=1S/C21H30O4/c1-18-8-6-13(22)10-12(18)4-5-15-14(18)7-9-19(2)17-16-11-23-20(17,3)25-21(15,19)24-16/h4,13-17,22H,5-11H2,1-3H3/t13-,14-,15+,16?,17-,18-,19+,20?,21-/m0/s1. The first-order valence-corrected chi connectivity index (χ1v) is 10.2. The van der Waals surface area contributed by atoms with Gasteiger partial charge in [-0.25, -0.2) is 0 Å². The van der Waals surface area contributed by atoms with E-state index in [1.54, 1.807) is 0 Å². The number of fused-ring (bicyclic) bond motifs is 3. The van der Waals surface area contributed by atoms with E-state index in [9.17, 15) is 5.11 Å². The van der Waals surface area contributed by atoms with Gasteiger partial charge in [-0.2, -0.15) is 0 Å². The molecule has 6 rings (SSSR count). The first-order chi connectivity index (χ1) is 11.8. The van der Waals surface area contributed by atoms with Crippen LogP contribution in [-0.4, -0.2) is 35.5 Å². The minimum atomic E-state index is -0.475. The third-order valence-electron chi connectivity index (χ3n) is 9.21. The van der Waals surface area contributed by atoms with Crippen molar-refractivity contribution < 1.29 is 19.3 Å². The zero-order valence-corrected chi connectivity index (χ0v) is 15.6. The first kappa shape index (κ1) is 15.6. The Hall–Kier alpha value is -0.420. The van der Waals surface area contributed by atoms with Crippen molar-refractivity contribution in [1.82, 2.24) is 0 Å². The second-order valence-corrected chi connectivity index (χ2v) is 10.2. The summed E-state index contributed by atoms with van der Waals surface area (Å²) in [6.07, 6.45) is 8.79. The van der Waals surface area contributed by atoms with Crippen LogP contribution in [0.3, 0.4) is 0 Å². The molecule has 3 aliphatic heterocycles. The van der Waals surface area contributed by atoms with E-state index in [2.05, 4.69) is 26.8 Å². The number of aliphatic hydroxyl groups excluding tert-OH is 1. The van der Waals surface area contributed by atoms with Crippen molar-refractivity contribution in [2.45, 2.75) is 83.1 Å². The molecule has 2 saturated carbocycles. The summed E-state index contributed by atoms with van der Waals surface area (Å²) in [6.45, 7) is 7.67. The van der Waals surface area contributed by atoms with Crippen LogP contribution in [0.25, 0.3) is 0 Å². The Morgan fingerprint density at radius 2 is 1.96 bits per heavy atom. The molecule has 3 heterocycles. The van der Waals surface area contributed by atoms with Crippen LogP contribution in [0.5, 0.6) is 0 Å². The highest BCUT2D eigenvalue weighted by Gasteiger charge is 2.83. The van der Waals surface area contributed by atoms with E-state index in [-0.39, 0.29) is 23.0 Å². The average molecular weight is 346 g/mol. The van der Waals surface area contributed by atoms with E-state index < -0.39 is 11.6 Å². The molecule has 1 N–H and O–H groups in total. The van der Waals surface area contributed by atoms with E-state index in [0.717, 1.165) is 25.7 Å². The van der Waals surface area contributed by atoms with Crippen LogP contribution >= 0.6 is 0 Å². The summed E-state index contributed by atoms with van der Waals surface area (Å²) in [4.78, 5) is 0. The molecule has 25 heavy (non-hydrogen) atoms. The molecule has 3 saturated heterocycles. The SMILES string of the molecule is CC12OCC3O[C@]4(O1)[C@@H]1CC=C5C[C@@H](O)CC[C@]5(C)[C@H]1CC[C@]4(C)[C@H]32. The first-order valence-electron chi connectivity index (χ1n) is 10.2. The van der Waals surface area contributed by atoms with Crippen molar-refractivity contribution in [1.29, 1.82) is 0 Å². The summed E-state index contributed by atoms with van der Waals surface area (Å²) in [5.74, 6) is 0.434. The number of hydrogen-bond donors (Lipinski definition) is 1. The number of allylic oxidation sites excluding steroid dienone is 1. The molecule has 138 valence electrons. The summed E-state index contributed by atoms with van der Waals surface area (Å²) >= 11 is 0. The lowest BCUT2D eigenvalue weighted by Crippen LogP contribution is -2.60. The van der Waals surface area contributed by atoms with Gasteiger partial charge >= 0.3 is 0 Å². The Morgan fingerprint density at radius 1 is 1.12 bits per heavy atom. The Labute approximate surface area is 149 Å². The Kier molecular flexibility index (Phi) is 2.72. The molecule has 0 amide bonds. The van der Waals surface area contributed by atoms with Crippen LogP contribution in [0.15, 0.2) is 11.6 Å². The average Bonchev–Trinajstić information content (AvgIpc) is 3.04. The third-order valence-corrected chi connectivity index (χ3v) is 9.21. The van der Waals surface area contributed by atoms with Gasteiger partial charge in [0.2, 0.25) is 0 Å². The van der Waals surface area contributed by atoms with Crippen LogP contribution in [0.1, 0.15) is 59.3 Å². The molecule has 0 aromatic rings. The van der Waals surface area contributed by atoms with Crippen LogP contribution in [0.2, 0.25) is 0 Å². The highest BCUT2D eigenvalue weighted by molar-refractivity contribution is 5.29. The van der Waals surface area contributed by atoms with Gasteiger partial charge in [-0.3, -0.25) is 0 Å². The Morgan fingerprint density at radius 3 is 2.76 bits per heavy atom. The van der Waals surface area contributed by atoms with Crippen molar-refractivity contribution in [3.05, 3.63) is 11.6 Å². The second kappa shape index (κ2) is 4.35. The van der Waals surface area contributed by atoms with Gasteiger partial charge in [0.1, 0.15) is 0 Å². The van der Waals surface area contributed by atoms with Crippen LogP contribution < -0.4 is 0 Å². The monoisotopic (exact) mass is 346 g/mol. The zero-order valence-electron chi connectivity index (χ0n) is 15.6. The van der Waals surface area contributed by atoms with Gasteiger partial charge in [0.25, 0.3) is 0 Å². The fraction of sp³-hybridized carbons (Fsp3) is 0.905. The van der Waals surface area contributed by atoms with E-state index in [4.69, 9.17) is 14.2 Å². The smallest absolute Gasteiger partial charge is 0.181 e. The van der Waals surface area contributed by atoms with Gasteiger partial charge in [0.05, 0.1) is 24.7 Å². The number of aliphatic hydroxyl groups is 1. The minimum Gasteiger partial charge on any atom is -0.393 e. The van der Waals surface area contributed by atoms with E-state index in [1.807, 2.05) is 0 Å². The topological polar surface area (TPSA) is 47.9 Å². The summed E-state index contributed by atoms with van der Waals surface area (Å²) in [7, 11) is 0. The number of ether oxygens (including phenoxy) is 3. The molecule has 5 fully saturated rings. The fourth-order valence-corrected chi connectivity index (χ4v) is 8.12. The molecular weight excluding hydrogens is 316 g/mol. The van der Waals surface area contributed by atoms with Crippen molar-refractivity contribution in [3.63, 3.8) is 0 Å². The quantitative estimate of drug-likeness (QED) is 0.683. The maximum Gasteiger partial charge on any atom is 0.181 e. The molecule has 2 bridgehead atoms. The lowest BCUT2D eigenvalue weighted by Gasteiger charge is -2.59. The summed E-state index contributed by atoms with van der Waals surface area (Å²) in [5, 5.41) is 10.2. The second-order valence-electron chi connectivity index (χ2n) is 10.2. The third kappa shape index (κ3) is 1.54. The molecule has 0 aromatic carbocycles. The molecular formula is C21H30O4. The van der Waals surface area contributed by atoms with Crippen molar-refractivity contribution in [2.24, 2.45) is 28.6 Å². The fourth-order valence-electron chi connectivity index (χ4n) is 8.12. The highest BCUT2D eigenvalue weighted by atomic mass is 16.8. The van der Waals surface area contributed by atoms with Crippen molar-refractivity contribution in [2.75, 3.05) is 6.61 Å². The van der Waals surface area contributed by atoms with E-state index in [0.29, 0.717) is 24.4 Å². The zero-order chi connectivity index (χ0) is 17.2. The number of hydrogen-bond acceptors (Lipinski definition) is 4. The largest absolute Gasteiger partial charge is 0.393 e. The predicted molar refractivity (Wildman–Crippen MR) is 91.5 cm³/mol.